The summed E-state index contributed by atoms with van der Waals surface area (Å²) in [6.45, 7) is 4.90. The summed E-state index contributed by atoms with van der Waals surface area (Å²) in [5, 5.41) is 6.85. The van der Waals surface area contributed by atoms with Crippen molar-refractivity contribution >= 4 is 5.91 Å². The molecule has 1 fully saturated rings. The molecule has 1 amide bonds. The van der Waals surface area contributed by atoms with Crippen LogP contribution in [0.5, 0.6) is 0 Å². The van der Waals surface area contributed by atoms with Crippen molar-refractivity contribution in [1.82, 2.24) is 20.4 Å². The Hall–Kier alpha value is -1.43. The molecule has 2 heterocycles. The molecule has 0 saturated carbocycles. The van der Waals surface area contributed by atoms with Crippen molar-refractivity contribution in [2.24, 2.45) is 0 Å². The number of carbonyl (C=O) groups is 1. The van der Waals surface area contributed by atoms with Crippen LogP contribution in [0.25, 0.3) is 0 Å². The maximum atomic E-state index is 11.9. The first-order chi connectivity index (χ1) is 7.27. The first-order valence-electron chi connectivity index (χ1n) is 5.07. The van der Waals surface area contributed by atoms with Gasteiger partial charge in [0.2, 0.25) is 5.89 Å². The summed E-state index contributed by atoms with van der Waals surface area (Å²) >= 11 is 0. The van der Waals surface area contributed by atoms with Gasteiger partial charge >= 0.3 is 0 Å². The summed E-state index contributed by atoms with van der Waals surface area (Å²) in [5.41, 5.74) is 0. The van der Waals surface area contributed by atoms with Gasteiger partial charge in [-0.05, 0) is 13.0 Å². The monoisotopic (exact) mass is 210 g/mol. The standard InChI is InChI=1S/C9H14N4O2/c1-7-11-8(12-15-7)9(14)13-5-2-3-10-4-6-13/h10H,2-6H2,1H3. The molecule has 0 aliphatic carbocycles. The summed E-state index contributed by atoms with van der Waals surface area (Å²) in [6.07, 6.45) is 0.961. The minimum atomic E-state index is -0.143. The van der Waals surface area contributed by atoms with Gasteiger partial charge in [-0.15, -0.1) is 0 Å². The van der Waals surface area contributed by atoms with Crippen molar-refractivity contribution in [1.29, 1.82) is 0 Å². The third-order valence-electron chi connectivity index (χ3n) is 2.35. The third-order valence-corrected chi connectivity index (χ3v) is 2.35. The molecule has 2 rings (SSSR count). The van der Waals surface area contributed by atoms with Crippen molar-refractivity contribution in [3.05, 3.63) is 11.7 Å². The van der Waals surface area contributed by atoms with Gasteiger partial charge in [0.25, 0.3) is 11.7 Å². The van der Waals surface area contributed by atoms with Gasteiger partial charge < -0.3 is 14.7 Å². The Morgan fingerprint density at radius 3 is 3.07 bits per heavy atom. The Labute approximate surface area is 87.6 Å². The van der Waals surface area contributed by atoms with Gasteiger partial charge in [-0.25, -0.2) is 0 Å². The topological polar surface area (TPSA) is 71.3 Å². The van der Waals surface area contributed by atoms with Crippen LogP contribution in [0.2, 0.25) is 0 Å². The smallest absolute Gasteiger partial charge is 0.295 e. The molecule has 1 aliphatic heterocycles. The SMILES string of the molecule is Cc1nc(C(=O)N2CCCNCC2)no1. The zero-order valence-corrected chi connectivity index (χ0v) is 8.69. The van der Waals surface area contributed by atoms with Gasteiger partial charge in [-0.3, -0.25) is 4.79 Å². The molecular formula is C9H14N4O2. The van der Waals surface area contributed by atoms with Crippen molar-refractivity contribution in [2.75, 3.05) is 26.2 Å². The summed E-state index contributed by atoms with van der Waals surface area (Å²) in [5.74, 6) is 0.441. The van der Waals surface area contributed by atoms with Gasteiger partial charge in [0.05, 0.1) is 0 Å². The fourth-order valence-electron chi connectivity index (χ4n) is 1.58. The van der Waals surface area contributed by atoms with Gasteiger partial charge in [-0.2, -0.15) is 4.98 Å². The van der Waals surface area contributed by atoms with E-state index in [0.717, 1.165) is 26.1 Å². The number of carbonyl (C=O) groups excluding carboxylic acids is 1. The Morgan fingerprint density at radius 1 is 1.47 bits per heavy atom. The number of aryl methyl sites for hydroxylation is 1. The maximum absolute atomic E-state index is 11.9. The molecule has 0 atom stereocenters. The van der Waals surface area contributed by atoms with Crippen LogP contribution in [0.1, 0.15) is 22.9 Å². The molecule has 15 heavy (non-hydrogen) atoms. The van der Waals surface area contributed by atoms with E-state index in [9.17, 15) is 4.79 Å². The summed E-state index contributed by atoms with van der Waals surface area (Å²) < 4.78 is 4.78. The van der Waals surface area contributed by atoms with Crippen LogP contribution < -0.4 is 5.32 Å². The molecular weight excluding hydrogens is 196 g/mol. The molecule has 1 saturated heterocycles. The largest absolute Gasteiger partial charge is 0.339 e. The molecule has 1 aromatic rings. The Bertz CT molecular complexity index is 342. The molecule has 0 bridgehead atoms. The highest BCUT2D eigenvalue weighted by molar-refractivity contribution is 5.90. The predicted octanol–water partition coefficient (Wildman–Crippen LogP) is -0.186. The average Bonchev–Trinajstić information content (AvgIpc) is 2.53. The van der Waals surface area contributed by atoms with E-state index < -0.39 is 0 Å². The zero-order valence-electron chi connectivity index (χ0n) is 8.69. The molecule has 0 unspecified atom stereocenters. The van der Waals surface area contributed by atoms with Crippen molar-refractivity contribution in [2.45, 2.75) is 13.3 Å². The third kappa shape index (κ3) is 2.33. The van der Waals surface area contributed by atoms with E-state index in [2.05, 4.69) is 15.5 Å². The van der Waals surface area contributed by atoms with E-state index in [1.165, 1.54) is 0 Å². The molecule has 1 aromatic heterocycles. The molecule has 0 aromatic carbocycles. The number of aromatic nitrogens is 2. The lowest BCUT2D eigenvalue weighted by molar-refractivity contribution is 0.0751. The summed E-state index contributed by atoms with van der Waals surface area (Å²) in [7, 11) is 0. The lowest BCUT2D eigenvalue weighted by atomic mass is 10.4. The number of nitrogens with one attached hydrogen (secondary N) is 1. The predicted molar refractivity (Wildman–Crippen MR) is 52.4 cm³/mol. The summed E-state index contributed by atoms with van der Waals surface area (Å²) in [4.78, 5) is 17.6. The molecule has 6 heteroatoms. The molecule has 82 valence electrons. The second kappa shape index (κ2) is 4.39. The average molecular weight is 210 g/mol. The van der Waals surface area contributed by atoms with E-state index in [1.54, 1.807) is 11.8 Å². The molecule has 6 nitrogen and oxygen atoms in total. The molecule has 0 radical (unpaired) electrons. The van der Waals surface area contributed by atoms with Crippen LogP contribution in [0.4, 0.5) is 0 Å². The maximum Gasteiger partial charge on any atom is 0.295 e. The van der Waals surface area contributed by atoms with Crippen LogP contribution in [0.3, 0.4) is 0 Å². The van der Waals surface area contributed by atoms with E-state index in [0.29, 0.717) is 12.4 Å². The molecule has 1 N–H and O–H groups in total. The number of nitrogens with zero attached hydrogens (tertiary/aromatic N) is 3. The highest BCUT2D eigenvalue weighted by Crippen LogP contribution is 2.03. The van der Waals surface area contributed by atoms with Crippen LogP contribution in [-0.4, -0.2) is 47.1 Å². The minimum absolute atomic E-state index is 0.143. The van der Waals surface area contributed by atoms with E-state index in [-0.39, 0.29) is 11.7 Å². The van der Waals surface area contributed by atoms with Crippen LogP contribution in [-0.2, 0) is 0 Å². The van der Waals surface area contributed by atoms with Crippen molar-refractivity contribution in [3.8, 4) is 0 Å². The Balaban J connectivity index is 2.06. The number of rotatable bonds is 1. The summed E-state index contributed by atoms with van der Waals surface area (Å²) in [6, 6.07) is 0. The number of hydrogen-bond acceptors (Lipinski definition) is 5. The van der Waals surface area contributed by atoms with Crippen LogP contribution in [0, 0.1) is 6.92 Å². The van der Waals surface area contributed by atoms with Gasteiger partial charge in [0.1, 0.15) is 0 Å². The lowest BCUT2D eigenvalue weighted by Gasteiger charge is -2.17. The first kappa shape index (κ1) is 10.1. The zero-order chi connectivity index (χ0) is 10.7. The van der Waals surface area contributed by atoms with Gasteiger partial charge in [0.15, 0.2) is 0 Å². The quantitative estimate of drug-likeness (QED) is 0.695. The fourth-order valence-corrected chi connectivity index (χ4v) is 1.58. The van der Waals surface area contributed by atoms with Crippen molar-refractivity contribution < 1.29 is 9.32 Å². The molecule has 0 spiro atoms. The Kier molecular flexibility index (Phi) is 2.96. The van der Waals surface area contributed by atoms with E-state index in [4.69, 9.17) is 4.52 Å². The normalized spacial score (nSPS) is 17.5. The lowest BCUT2D eigenvalue weighted by Crippen LogP contribution is -2.34. The van der Waals surface area contributed by atoms with Crippen LogP contribution >= 0.6 is 0 Å². The fraction of sp³-hybridized carbons (Fsp3) is 0.667. The second-order valence-electron chi connectivity index (χ2n) is 3.53. The molecule has 1 aliphatic rings. The highest BCUT2D eigenvalue weighted by atomic mass is 16.5. The van der Waals surface area contributed by atoms with Gasteiger partial charge in [-0.1, -0.05) is 5.16 Å². The van der Waals surface area contributed by atoms with Crippen LogP contribution in [0.15, 0.2) is 4.52 Å². The minimum Gasteiger partial charge on any atom is -0.339 e. The number of hydrogen-bond donors (Lipinski definition) is 1. The van der Waals surface area contributed by atoms with E-state index >= 15 is 0 Å². The Morgan fingerprint density at radius 2 is 2.33 bits per heavy atom. The highest BCUT2D eigenvalue weighted by Gasteiger charge is 2.21. The van der Waals surface area contributed by atoms with Crippen molar-refractivity contribution in [3.63, 3.8) is 0 Å². The van der Waals surface area contributed by atoms with E-state index in [1.807, 2.05) is 0 Å². The number of amides is 1. The second-order valence-corrected chi connectivity index (χ2v) is 3.53. The first-order valence-corrected chi connectivity index (χ1v) is 5.07. The van der Waals surface area contributed by atoms with Gasteiger partial charge in [0, 0.05) is 26.6 Å².